The van der Waals surface area contributed by atoms with E-state index in [1.54, 1.807) is 0 Å². The third kappa shape index (κ3) is 11.5. The van der Waals surface area contributed by atoms with E-state index in [1.807, 2.05) is 0 Å². The number of hydrogen-bond acceptors (Lipinski definition) is 3. The Morgan fingerprint density at radius 2 is 2.19 bits per heavy atom. The number of aliphatic hydroxyl groups is 1. The lowest BCUT2D eigenvalue weighted by Crippen LogP contribution is -2.31. The van der Waals surface area contributed by atoms with Crippen molar-refractivity contribution in [1.82, 2.24) is 5.32 Å². The van der Waals surface area contributed by atoms with Crippen molar-refractivity contribution in [2.75, 3.05) is 26.3 Å². The second-order valence-corrected chi connectivity index (χ2v) is 3.95. The number of ether oxygens (including phenoxy) is 1. The van der Waals surface area contributed by atoms with Gasteiger partial charge in [-0.3, -0.25) is 0 Å². The van der Waals surface area contributed by atoms with Crippen molar-refractivity contribution >= 4 is 0 Å². The summed E-state index contributed by atoms with van der Waals surface area (Å²) < 4.78 is 5.31. The predicted octanol–water partition coefficient (Wildman–Crippen LogP) is 1.56. The summed E-state index contributed by atoms with van der Waals surface area (Å²) in [7, 11) is 0. The summed E-state index contributed by atoms with van der Waals surface area (Å²) in [5.74, 6) is 2.61. The van der Waals surface area contributed by atoms with Crippen LogP contribution in [0.1, 0.15) is 39.0 Å². The zero-order valence-electron chi connectivity index (χ0n) is 10.4. The Morgan fingerprint density at radius 3 is 2.88 bits per heavy atom. The van der Waals surface area contributed by atoms with Gasteiger partial charge in [-0.15, -0.1) is 12.3 Å². The Labute approximate surface area is 99.6 Å². The van der Waals surface area contributed by atoms with Crippen LogP contribution in [0.15, 0.2) is 0 Å². The molecule has 3 nitrogen and oxygen atoms in total. The highest BCUT2D eigenvalue weighted by molar-refractivity contribution is 4.82. The Kier molecular flexibility index (Phi) is 12.1. The van der Waals surface area contributed by atoms with Crippen molar-refractivity contribution in [2.45, 2.75) is 45.1 Å². The third-order valence-corrected chi connectivity index (χ3v) is 2.26. The van der Waals surface area contributed by atoms with Crippen LogP contribution in [0.3, 0.4) is 0 Å². The molecule has 0 aliphatic rings. The molecule has 0 aliphatic heterocycles. The van der Waals surface area contributed by atoms with E-state index >= 15 is 0 Å². The molecule has 1 atom stereocenters. The van der Waals surface area contributed by atoms with Crippen LogP contribution in [-0.2, 0) is 4.74 Å². The van der Waals surface area contributed by atoms with Gasteiger partial charge in [-0.05, 0) is 25.8 Å². The number of rotatable bonds is 11. The van der Waals surface area contributed by atoms with Crippen LogP contribution >= 0.6 is 0 Å². The molecule has 0 aliphatic carbocycles. The van der Waals surface area contributed by atoms with Crippen LogP contribution in [0, 0.1) is 12.3 Å². The van der Waals surface area contributed by atoms with E-state index in [1.165, 1.54) is 0 Å². The highest BCUT2D eigenvalue weighted by Crippen LogP contribution is 1.92. The molecule has 16 heavy (non-hydrogen) atoms. The molecule has 0 aromatic heterocycles. The molecule has 0 spiro atoms. The van der Waals surface area contributed by atoms with Crippen molar-refractivity contribution < 1.29 is 9.84 Å². The van der Waals surface area contributed by atoms with Gasteiger partial charge in [0, 0.05) is 19.6 Å². The third-order valence-electron chi connectivity index (χ3n) is 2.26. The standard InChI is InChI=1S/C13H25NO2/c1-3-5-7-8-9-14-11-13(15)12-16-10-6-4-2/h1,13-15H,4-12H2,2H3. The van der Waals surface area contributed by atoms with Crippen LogP contribution in [-0.4, -0.2) is 37.5 Å². The average molecular weight is 227 g/mol. The summed E-state index contributed by atoms with van der Waals surface area (Å²) >= 11 is 0. The molecule has 0 bridgehead atoms. The molecular formula is C13H25NO2. The Morgan fingerprint density at radius 1 is 1.38 bits per heavy atom. The molecular weight excluding hydrogens is 202 g/mol. The van der Waals surface area contributed by atoms with E-state index in [0.717, 1.165) is 45.3 Å². The van der Waals surface area contributed by atoms with Gasteiger partial charge in [0.05, 0.1) is 12.7 Å². The molecule has 0 amide bonds. The molecule has 0 aromatic rings. The quantitative estimate of drug-likeness (QED) is 0.416. The maximum Gasteiger partial charge on any atom is 0.0897 e. The number of hydrogen-bond donors (Lipinski definition) is 2. The van der Waals surface area contributed by atoms with Gasteiger partial charge >= 0.3 is 0 Å². The fourth-order valence-electron chi connectivity index (χ4n) is 1.27. The first kappa shape index (κ1) is 15.4. The average Bonchev–Trinajstić information content (AvgIpc) is 2.29. The van der Waals surface area contributed by atoms with Gasteiger partial charge in [-0.2, -0.15) is 0 Å². The minimum atomic E-state index is -0.399. The minimum Gasteiger partial charge on any atom is -0.389 e. The maximum atomic E-state index is 9.53. The van der Waals surface area contributed by atoms with E-state index < -0.39 is 6.10 Å². The summed E-state index contributed by atoms with van der Waals surface area (Å²) in [4.78, 5) is 0. The van der Waals surface area contributed by atoms with E-state index in [0.29, 0.717) is 13.2 Å². The van der Waals surface area contributed by atoms with Crippen molar-refractivity contribution in [3.05, 3.63) is 0 Å². The normalized spacial score (nSPS) is 12.3. The molecule has 0 rings (SSSR count). The van der Waals surface area contributed by atoms with E-state index in [2.05, 4.69) is 18.2 Å². The van der Waals surface area contributed by atoms with Gasteiger partial charge in [-0.25, -0.2) is 0 Å². The fourth-order valence-corrected chi connectivity index (χ4v) is 1.27. The summed E-state index contributed by atoms with van der Waals surface area (Å²) in [5.41, 5.74) is 0. The first-order valence-electron chi connectivity index (χ1n) is 6.21. The zero-order valence-corrected chi connectivity index (χ0v) is 10.4. The Balaban J connectivity index is 3.11. The molecule has 0 aromatic carbocycles. The monoisotopic (exact) mass is 227 g/mol. The first-order chi connectivity index (χ1) is 7.81. The van der Waals surface area contributed by atoms with Gasteiger partial charge in [0.2, 0.25) is 0 Å². The van der Waals surface area contributed by atoms with Gasteiger partial charge in [0.15, 0.2) is 0 Å². The van der Waals surface area contributed by atoms with Crippen LogP contribution in [0.5, 0.6) is 0 Å². The number of nitrogens with one attached hydrogen (secondary N) is 1. The second-order valence-electron chi connectivity index (χ2n) is 3.95. The van der Waals surface area contributed by atoms with Crippen molar-refractivity contribution in [1.29, 1.82) is 0 Å². The highest BCUT2D eigenvalue weighted by Gasteiger charge is 2.02. The number of terminal acetylenes is 1. The van der Waals surface area contributed by atoms with E-state index in [4.69, 9.17) is 11.2 Å². The molecule has 0 radical (unpaired) electrons. The minimum absolute atomic E-state index is 0.399. The Bertz CT molecular complexity index is 177. The summed E-state index contributed by atoms with van der Waals surface area (Å²) in [5, 5.41) is 12.7. The smallest absolute Gasteiger partial charge is 0.0897 e. The highest BCUT2D eigenvalue weighted by atomic mass is 16.5. The van der Waals surface area contributed by atoms with Crippen molar-refractivity contribution in [2.24, 2.45) is 0 Å². The predicted molar refractivity (Wildman–Crippen MR) is 67.3 cm³/mol. The Hall–Kier alpha value is -0.560. The lowest BCUT2D eigenvalue weighted by atomic mass is 10.2. The van der Waals surface area contributed by atoms with Gasteiger partial charge in [0.1, 0.15) is 0 Å². The van der Waals surface area contributed by atoms with Crippen LogP contribution < -0.4 is 5.32 Å². The van der Waals surface area contributed by atoms with Gasteiger partial charge < -0.3 is 15.2 Å². The number of unbranched alkanes of at least 4 members (excludes halogenated alkanes) is 3. The molecule has 2 N–H and O–H groups in total. The molecule has 94 valence electrons. The van der Waals surface area contributed by atoms with Crippen LogP contribution in [0.25, 0.3) is 0 Å². The van der Waals surface area contributed by atoms with Crippen molar-refractivity contribution in [3.63, 3.8) is 0 Å². The van der Waals surface area contributed by atoms with Crippen LogP contribution in [0.2, 0.25) is 0 Å². The molecule has 0 fully saturated rings. The topological polar surface area (TPSA) is 41.5 Å². The van der Waals surface area contributed by atoms with Crippen LogP contribution in [0.4, 0.5) is 0 Å². The summed E-state index contributed by atoms with van der Waals surface area (Å²) in [6.07, 6.45) is 9.88. The SMILES string of the molecule is C#CCCCCNCC(O)COCCCC. The molecule has 0 heterocycles. The molecule has 1 unspecified atom stereocenters. The zero-order chi connectivity index (χ0) is 12.1. The number of aliphatic hydroxyl groups excluding tert-OH is 1. The lowest BCUT2D eigenvalue weighted by Gasteiger charge is -2.11. The van der Waals surface area contributed by atoms with Gasteiger partial charge in [0.25, 0.3) is 0 Å². The maximum absolute atomic E-state index is 9.53. The lowest BCUT2D eigenvalue weighted by molar-refractivity contribution is 0.0360. The summed E-state index contributed by atoms with van der Waals surface area (Å²) in [6, 6.07) is 0. The summed E-state index contributed by atoms with van der Waals surface area (Å²) in [6.45, 7) is 4.81. The molecule has 0 saturated heterocycles. The fraction of sp³-hybridized carbons (Fsp3) is 0.846. The first-order valence-corrected chi connectivity index (χ1v) is 6.21. The largest absolute Gasteiger partial charge is 0.389 e. The molecule has 0 saturated carbocycles. The van der Waals surface area contributed by atoms with E-state index in [9.17, 15) is 5.11 Å². The second kappa shape index (κ2) is 12.5. The molecule has 3 heteroatoms. The van der Waals surface area contributed by atoms with E-state index in [-0.39, 0.29) is 0 Å². The van der Waals surface area contributed by atoms with Gasteiger partial charge in [-0.1, -0.05) is 13.3 Å². The van der Waals surface area contributed by atoms with Crippen molar-refractivity contribution in [3.8, 4) is 12.3 Å².